The molecule has 1 aromatic rings. The number of rotatable bonds is 34. The summed E-state index contributed by atoms with van der Waals surface area (Å²) in [6.45, 7) is 40.8. The highest BCUT2D eigenvalue weighted by Gasteiger charge is 2.71. The third-order valence-corrected chi connectivity index (χ3v) is 40.2. The van der Waals surface area contributed by atoms with Crippen LogP contribution in [0.2, 0.25) is 0 Å². The second kappa shape index (κ2) is 44.4. The van der Waals surface area contributed by atoms with E-state index >= 15 is 0 Å². The SMILES string of the molecule is CCC(C)(C)C(=O)OC12CC3CC(C1)CC(OC(C)OC1CCCCC1)(C3)C2.CCC(C)(C)C(=O)OC12CC3CC(C1)CC(OC1CCCCO1)(C3)C2.CCC(C)(C)C(=O)OC12CC3CC(CC(OC(=O)OC(C)(C)C)(C3)C1)C2.CCC(C)(C)C(=O)OC12CC3CC(OC(OC)C4CCCCC4)(C1)CC(OC(OC)C1CCCCC1)(C3)C2.CCC(OC12CC3CC(CC(OC(=O)C(C)(C)CC)(C3)C1)C2)c1ccccc1. The number of ether oxygens (including phenoxy) is 16. The number of carbonyl (C=O) groups excluding carboxylic acids is 6. The molecule has 23 saturated carbocycles. The van der Waals surface area contributed by atoms with E-state index in [1.165, 1.54) is 102 Å². The maximum atomic E-state index is 13.5. The Balaban J connectivity index is 0.000000131. The lowest BCUT2D eigenvalue weighted by atomic mass is 9.50. The van der Waals surface area contributed by atoms with Gasteiger partial charge in [-0.3, -0.25) is 24.0 Å². The summed E-state index contributed by atoms with van der Waals surface area (Å²) >= 11 is 0. The fourth-order valence-corrected chi connectivity index (χ4v) is 33.1. The van der Waals surface area contributed by atoms with E-state index in [9.17, 15) is 28.8 Å². The first-order chi connectivity index (χ1) is 68.4. The van der Waals surface area contributed by atoms with Gasteiger partial charge in [0.15, 0.2) is 25.2 Å². The summed E-state index contributed by atoms with van der Waals surface area (Å²) in [6, 6.07) is 10.6. The third kappa shape index (κ3) is 26.5. The molecule has 20 bridgehead atoms. The van der Waals surface area contributed by atoms with Gasteiger partial charge in [-0.1, -0.05) is 130 Å². The molecule has 0 N–H and O–H groups in total. The molecule has 1 aromatic carbocycles. The molecule has 0 amide bonds. The highest BCUT2D eigenvalue weighted by atomic mass is 16.7. The van der Waals surface area contributed by atoms with E-state index in [-0.39, 0.29) is 106 Å². The molecule has 822 valence electrons. The van der Waals surface area contributed by atoms with E-state index in [4.69, 9.17) is 75.8 Å². The van der Waals surface area contributed by atoms with Crippen molar-refractivity contribution in [1.29, 1.82) is 0 Å². The van der Waals surface area contributed by atoms with Crippen molar-refractivity contribution in [1.82, 2.24) is 0 Å². The van der Waals surface area contributed by atoms with Crippen molar-refractivity contribution in [2.75, 3.05) is 20.8 Å². The first-order valence-electron chi connectivity index (χ1n) is 59.2. The van der Waals surface area contributed by atoms with Gasteiger partial charge < -0.3 is 75.8 Å². The Morgan fingerprint density at radius 2 is 0.628 bits per heavy atom. The molecule has 25 rings (SSSR count). The molecule has 1 aliphatic heterocycles. The first kappa shape index (κ1) is 113. The molecular weight excluding hydrogens is 1830 g/mol. The minimum absolute atomic E-state index is 0.0257. The topological polar surface area (TPSA) is 250 Å². The van der Waals surface area contributed by atoms with Crippen LogP contribution in [0.5, 0.6) is 0 Å². The molecule has 0 aromatic heterocycles. The summed E-state index contributed by atoms with van der Waals surface area (Å²) in [7, 11) is 3.60. The van der Waals surface area contributed by atoms with Crippen LogP contribution in [0, 0.1) is 92.2 Å². The lowest BCUT2D eigenvalue weighted by Crippen LogP contribution is -2.70. The maximum absolute atomic E-state index is 13.5. The van der Waals surface area contributed by atoms with Crippen molar-refractivity contribution < 1.29 is 105 Å². The number of esters is 5. The molecule has 15 unspecified atom stereocenters. The third-order valence-electron chi connectivity index (χ3n) is 40.2. The van der Waals surface area contributed by atoms with Crippen LogP contribution < -0.4 is 0 Å². The Labute approximate surface area is 874 Å². The molecule has 23 aliphatic carbocycles. The van der Waals surface area contributed by atoms with Crippen molar-refractivity contribution >= 4 is 36.0 Å². The van der Waals surface area contributed by atoms with E-state index in [0.717, 1.165) is 251 Å². The average Bonchev–Trinajstić information content (AvgIpc) is 0.695. The number of methoxy groups -OCH3 is 2. The summed E-state index contributed by atoms with van der Waals surface area (Å²) in [5.41, 5.74) is -5.16. The normalized spacial score (nSPS) is 38.1. The largest absolute Gasteiger partial charge is 0.509 e. The lowest BCUT2D eigenvalue weighted by molar-refractivity contribution is -0.346. The Morgan fingerprint density at radius 3 is 0.972 bits per heavy atom. The summed E-state index contributed by atoms with van der Waals surface area (Å²) in [4.78, 5) is 77.1. The zero-order valence-corrected chi connectivity index (χ0v) is 94.6. The molecule has 1 heterocycles. The van der Waals surface area contributed by atoms with Crippen LogP contribution in [0.1, 0.15) is 497 Å². The van der Waals surface area contributed by atoms with Crippen molar-refractivity contribution in [2.45, 2.75) is 590 Å². The van der Waals surface area contributed by atoms with Gasteiger partial charge in [-0.15, -0.1) is 0 Å². The van der Waals surface area contributed by atoms with Gasteiger partial charge in [0.25, 0.3) is 0 Å². The van der Waals surface area contributed by atoms with Crippen molar-refractivity contribution in [3.63, 3.8) is 0 Å². The molecule has 15 atom stereocenters. The van der Waals surface area contributed by atoms with Gasteiger partial charge in [0.1, 0.15) is 39.2 Å². The molecular formula is C123H198O22. The second-order valence-electron chi connectivity index (χ2n) is 56.2. The standard InChI is InChI=1S/C32H54O6.C25H36O3.C24H40O4.C21H34O5.C21H34O4/c1-6-29(2,3)28(33)38-32-19-23-17-30(21-32,36-26(34-4)24-13-9-7-10-14-24)20-31(18-23,22-32)37-27(35-5)25-15-11-8-12-16-25;1-5-21(20-10-8-7-9-11-20)27-24-13-18-12-19(14-24)16-25(15-18,17-24)28-22(26)23(3,4)6-2;1-5-22(3,4)21(25)28-24-14-18-11-19(15-24)13-23(12-18,16-24)27-17(2)26-20-9-7-6-8-10-20;1-7-19(5,6)16(22)24-20-9-14-8-15(10-20)12-21(11-14,13-20)26-17(23)25-18(2,3)4;1-4-19(2,3)18(22)25-21-12-15-9-16(13-21)11-20(10-15,14-21)24-17-7-5-6-8-23-17/h23-27H,6-22H2,1-5H3;7-11,18-19,21H,5-6,12-17H2,1-4H3;17-20H,5-16H2,1-4H3;14-15H,7-13H2,1-6H3;15-17H,4-14H2,1-3H3. The van der Waals surface area contributed by atoms with Crippen molar-refractivity contribution in [2.24, 2.45) is 92.2 Å². The number of carbonyl (C=O) groups is 6. The van der Waals surface area contributed by atoms with Gasteiger partial charge in [0.2, 0.25) is 0 Å². The van der Waals surface area contributed by atoms with Gasteiger partial charge in [-0.05, 0) is 400 Å². The summed E-state index contributed by atoms with van der Waals surface area (Å²) in [6.07, 6.45) is 55.9. The zero-order chi connectivity index (χ0) is 104. The first-order valence-corrected chi connectivity index (χ1v) is 59.2. The van der Waals surface area contributed by atoms with Crippen LogP contribution in [0.25, 0.3) is 0 Å². The molecule has 22 nitrogen and oxygen atoms in total. The average molecular weight is 2030 g/mol. The monoisotopic (exact) mass is 2030 g/mol. The Bertz CT molecular complexity index is 4390. The Kier molecular flexibility index (Phi) is 34.6. The highest BCUT2D eigenvalue weighted by Crippen LogP contribution is 2.69. The highest BCUT2D eigenvalue weighted by molar-refractivity contribution is 5.78. The molecule has 1 saturated heterocycles. The van der Waals surface area contributed by atoms with Crippen LogP contribution >= 0.6 is 0 Å². The molecule has 145 heavy (non-hydrogen) atoms. The van der Waals surface area contributed by atoms with Gasteiger partial charge in [0.05, 0.1) is 67.3 Å². The fourth-order valence-electron chi connectivity index (χ4n) is 33.1. The molecule has 0 spiro atoms. The van der Waals surface area contributed by atoms with Crippen LogP contribution in [0.4, 0.5) is 4.79 Å². The lowest BCUT2D eigenvalue weighted by Gasteiger charge is -2.65. The minimum Gasteiger partial charge on any atom is -0.459 e. The Hall–Kier alpha value is -4.52. The van der Waals surface area contributed by atoms with Crippen LogP contribution in [-0.4, -0.2) is 155 Å². The predicted octanol–water partition coefficient (Wildman–Crippen LogP) is 28.9. The van der Waals surface area contributed by atoms with Gasteiger partial charge >= 0.3 is 36.0 Å². The number of hydrogen-bond acceptors (Lipinski definition) is 22. The summed E-state index contributed by atoms with van der Waals surface area (Å²) in [5.74, 6) is 5.69. The summed E-state index contributed by atoms with van der Waals surface area (Å²) in [5, 5.41) is 0. The van der Waals surface area contributed by atoms with E-state index in [2.05, 4.69) is 71.9 Å². The van der Waals surface area contributed by atoms with E-state index in [1.807, 2.05) is 96.9 Å². The number of benzene rings is 1. The maximum Gasteiger partial charge on any atom is 0.509 e. The van der Waals surface area contributed by atoms with Gasteiger partial charge in [0, 0.05) is 77.6 Å². The minimum atomic E-state index is -0.602. The van der Waals surface area contributed by atoms with Gasteiger partial charge in [-0.2, -0.15) is 0 Å². The van der Waals surface area contributed by atoms with Crippen LogP contribution in [-0.2, 0) is 99.8 Å². The predicted molar refractivity (Wildman–Crippen MR) is 559 cm³/mol. The smallest absolute Gasteiger partial charge is 0.459 e. The van der Waals surface area contributed by atoms with Crippen molar-refractivity contribution in [3.8, 4) is 0 Å². The van der Waals surface area contributed by atoms with E-state index < -0.39 is 55.6 Å². The quantitative estimate of drug-likeness (QED) is 0.0353. The number of hydrogen-bond donors (Lipinski definition) is 0. The summed E-state index contributed by atoms with van der Waals surface area (Å²) < 4.78 is 102. The van der Waals surface area contributed by atoms with Crippen LogP contribution in [0.3, 0.4) is 0 Å². The van der Waals surface area contributed by atoms with E-state index in [0.29, 0.717) is 77.6 Å². The fraction of sp³-hybridized carbons (Fsp3) is 0.902. The molecule has 24 fully saturated rings. The zero-order valence-electron chi connectivity index (χ0n) is 94.6. The van der Waals surface area contributed by atoms with Gasteiger partial charge in [-0.25, -0.2) is 4.79 Å². The van der Waals surface area contributed by atoms with Crippen molar-refractivity contribution in [3.05, 3.63) is 35.9 Å². The molecule has 0 radical (unpaired) electrons. The molecule has 24 aliphatic rings. The molecule has 22 heteroatoms. The van der Waals surface area contributed by atoms with E-state index in [1.54, 1.807) is 14.2 Å². The Morgan fingerprint density at radius 1 is 0.331 bits per heavy atom. The second-order valence-corrected chi connectivity index (χ2v) is 56.2. The van der Waals surface area contributed by atoms with Crippen LogP contribution in [0.15, 0.2) is 30.3 Å².